The molecule has 1 aromatic carbocycles. The fourth-order valence-corrected chi connectivity index (χ4v) is 3.68. The number of nitrogens with zero attached hydrogens (tertiary/aromatic N) is 2. The molecule has 2 heterocycles. The quantitative estimate of drug-likeness (QED) is 0.876. The zero-order valence-corrected chi connectivity index (χ0v) is 14.0. The number of aromatic nitrogens is 1. The molecule has 0 aliphatic carbocycles. The molecule has 0 saturated carbocycles. The first-order valence-electron chi connectivity index (χ1n) is 7.18. The number of aliphatic hydroxyl groups is 1. The monoisotopic (exact) mass is 313 g/mol. The van der Waals surface area contributed by atoms with E-state index in [4.69, 9.17) is 5.41 Å². The van der Waals surface area contributed by atoms with Crippen LogP contribution in [0.5, 0.6) is 0 Å². The van der Waals surface area contributed by atoms with Crippen molar-refractivity contribution in [3.63, 3.8) is 0 Å². The van der Waals surface area contributed by atoms with Gasteiger partial charge in [-0.1, -0.05) is 17.7 Å². The van der Waals surface area contributed by atoms with Crippen LogP contribution < -0.4 is 4.90 Å². The molecule has 22 heavy (non-hydrogen) atoms. The Balaban J connectivity index is 1.99. The highest BCUT2D eigenvalue weighted by molar-refractivity contribution is 7.13. The molecular weight excluding hydrogens is 294 g/mol. The Kier molecular flexibility index (Phi) is 3.53. The molecule has 3 rings (SSSR count). The fraction of sp³-hybridized carbons (Fsp3) is 0.294. The second-order valence-corrected chi connectivity index (χ2v) is 6.91. The van der Waals surface area contributed by atoms with Gasteiger partial charge in [-0.2, -0.15) is 0 Å². The van der Waals surface area contributed by atoms with Crippen LogP contribution in [0.1, 0.15) is 26.7 Å². The lowest BCUT2D eigenvalue weighted by Crippen LogP contribution is -2.26. The van der Waals surface area contributed by atoms with Gasteiger partial charge >= 0.3 is 0 Å². The number of nitrogens with one attached hydrogen (secondary N) is 1. The van der Waals surface area contributed by atoms with Crippen LogP contribution >= 0.6 is 11.3 Å². The SMILES string of the molecule is Cc1ccc(N2CC(O)=C(c3nc(C)c(C)s3)C2=N)c(C)c1. The Morgan fingerprint density at radius 1 is 1.23 bits per heavy atom. The van der Waals surface area contributed by atoms with Crippen molar-refractivity contribution < 1.29 is 5.11 Å². The third kappa shape index (κ3) is 2.31. The highest BCUT2D eigenvalue weighted by Crippen LogP contribution is 2.35. The fourth-order valence-electron chi connectivity index (χ4n) is 2.70. The van der Waals surface area contributed by atoms with Crippen LogP contribution in [0.2, 0.25) is 0 Å². The van der Waals surface area contributed by atoms with E-state index < -0.39 is 0 Å². The first kappa shape index (κ1) is 14.8. The van der Waals surface area contributed by atoms with E-state index in [1.807, 2.05) is 44.7 Å². The Morgan fingerprint density at radius 3 is 2.55 bits per heavy atom. The van der Waals surface area contributed by atoms with Crippen molar-refractivity contribution in [2.24, 2.45) is 0 Å². The molecule has 0 atom stereocenters. The van der Waals surface area contributed by atoms with Gasteiger partial charge in [-0.15, -0.1) is 11.3 Å². The van der Waals surface area contributed by atoms with E-state index in [1.54, 1.807) is 0 Å². The number of aryl methyl sites for hydroxylation is 4. The van der Waals surface area contributed by atoms with E-state index >= 15 is 0 Å². The number of rotatable bonds is 2. The van der Waals surface area contributed by atoms with Crippen LogP contribution in [0.4, 0.5) is 5.69 Å². The van der Waals surface area contributed by atoms with Gasteiger partial charge in [-0.25, -0.2) is 4.98 Å². The average Bonchev–Trinajstić information content (AvgIpc) is 2.90. The van der Waals surface area contributed by atoms with Gasteiger partial charge < -0.3 is 10.0 Å². The smallest absolute Gasteiger partial charge is 0.139 e. The number of hydrogen-bond donors (Lipinski definition) is 2. The molecule has 0 spiro atoms. The molecule has 0 amide bonds. The van der Waals surface area contributed by atoms with E-state index in [2.05, 4.69) is 11.1 Å². The van der Waals surface area contributed by atoms with E-state index in [9.17, 15) is 5.11 Å². The summed E-state index contributed by atoms with van der Waals surface area (Å²) in [6, 6.07) is 6.13. The summed E-state index contributed by atoms with van der Waals surface area (Å²) in [4.78, 5) is 7.45. The van der Waals surface area contributed by atoms with E-state index in [-0.39, 0.29) is 5.76 Å². The first-order chi connectivity index (χ1) is 10.4. The van der Waals surface area contributed by atoms with Crippen molar-refractivity contribution in [3.8, 4) is 0 Å². The van der Waals surface area contributed by atoms with Gasteiger partial charge in [0.05, 0.1) is 17.8 Å². The van der Waals surface area contributed by atoms with Crippen LogP contribution in [0.25, 0.3) is 5.57 Å². The van der Waals surface area contributed by atoms with Crippen LogP contribution in [-0.2, 0) is 0 Å². The predicted octanol–water partition coefficient (Wildman–Crippen LogP) is 4.14. The second kappa shape index (κ2) is 5.25. The summed E-state index contributed by atoms with van der Waals surface area (Å²) >= 11 is 1.53. The maximum absolute atomic E-state index is 10.4. The van der Waals surface area contributed by atoms with Gasteiger partial charge in [-0.3, -0.25) is 5.41 Å². The van der Waals surface area contributed by atoms with E-state index in [1.165, 1.54) is 16.9 Å². The highest BCUT2D eigenvalue weighted by atomic mass is 32.1. The number of benzene rings is 1. The normalized spacial score (nSPS) is 15.1. The molecule has 114 valence electrons. The van der Waals surface area contributed by atoms with Crippen LogP contribution in [0.3, 0.4) is 0 Å². The summed E-state index contributed by atoms with van der Waals surface area (Å²) in [6.07, 6.45) is 0. The zero-order chi connectivity index (χ0) is 16.0. The minimum atomic E-state index is 0.221. The number of amidine groups is 1. The van der Waals surface area contributed by atoms with Crippen molar-refractivity contribution in [2.45, 2.75) is 27.7 Å². The van der Waals surface area contributed by atoms with Crippen molar-refractivity contribution in [2.75, 3.05) is 11.4 Å². The van der Waals surface area contributed by atoms with Crippen LogP contribution in [0.15, 0.2) is 24.0 Å². The van der Waals surface area contributed by atoms with Crippen molar-refractivity contribution in [1.82, 2.24) is 4.98 Å². The van der Waals surface area contributed by atoms with Gasteiger partial charge in [0, 0.05) is 10.6 Å². The van der Waals surface area contributed by atoms with E-state index in [0.29, 0.717) is 18.0 Å². The second-order valence-electron chi connectivity index (χ2n) is 5.71. The Bertz CT molecular complexity index is 785. The number of hydrogen-bond acceptors (Lipinski definition) is 4. The highest BCUT2D eigenvalue weighted by Gasteiger charge is 2.32. The molecule has 0 unspecified atom stereocenters. The lowest BCUT2D eigenvalue weighted by molar-refractivity contribution is 0.411. The van der Waals surface area contributed by atoms with Crippen molar-refractivity contribution in [3.05, 3.63) is 50.7 Å². The molecule has 2 N–H and O–H groups in total. The molecule has 5 heteroatoms. The van der Waals surface area contributed by atoms with Gasteiger partial charge in [0.15, 0.2) is 0 Å². The Labute approximate surface area is 134 Å². The lowest BCUT2D eigenvalue weighted by Gasteiger charge is -2.21. The zero-order valence-electron chi connectivity index (χ0n) is 13.2. The first-order valence-corrected chi connectivity index (χ1v) is 8.00. The van der Waals surface area contributed by atoms with Crippen LogP contribution in [-0.4, -0.2) is 22.5 Å². The molecule has 4 nitrogen and oxygen atoms in total. The number of aliphatic hydroxyl groups excluding tert-OH is 1. The van der Waals surface area contributed by atoms with Crippen LogP contribution in [0, 0.1) is 33.1 Å². The summed E-state index contributed by atoms with van der Waals surface area (Å²) in [5.41, 5.74) is 4.77. The summed E-state index contributed by atoms with van der Waals surface area (Å²) < 4.78 is 0. The molecule has 0 saturated heterocycles. The van der Waals surface area contributed by atoms with Crippen molar-refractivity contribution in [1.29, 1.82) is 5.41 Å². The van der Waals surface area contributed by atoms with Gasteiger partial charge in [0.2, 0.25) is 0 Å². The Morgan fingerprint density at radius 2 is 1.95 bits per heavy atom. The van der Waals surface area contributed by atoms with Crippen molar-refractivity contribution >= 4 is 28.4 Å². The third-order valence-electron chi connectivity index (χ3n) is 3.99. The lowest BCUT2D eigenvalue weighted by atomic mass is 10.1. The average molecular weight is 313 g/mol. The number of thiazole rings is 1. The molecule has 1 aliphatic heterocycles. The molecular formula is C17H19N3OS. The summed E-state index contributed by atoms with van der Waals surface area (Å²) in [7, 11) is 0. The van der Waals surface area contributed by atoms with Gasteiger partial charge in [-0.05, 0) is 39.3 Å². The maximum Gasteiger partial charge on any atom is 0.139 e. The molecule has 1 aromatic heterocycles. The topological polar surface area (TPSA) is 60.2 Å². The predicted molar refractivity (Wildman–Crippen MR) is 92.1 cm³/mol. The maximum atomic E-state index is 10.4. The number of anilines is 1. The van der Waals surface area contributed by atoms with Gasteiger partial charge in [0.1, 0.15) is 16.6 Å². The molecule has 1 aliphatic rings. The summed E-state index contributed by atoms with van der Waals surface area (Å²) in [6.45, 7) is 8.37. The molecule has 0 radical (unpaired) electrons. The largest absolute Gasteiger partial charge is 0.510 e. The van der Waals surface area contributed by atoms with Gasteiger partial charge in [0.25, 0.3) is 0 Å². The summed E-state index contributed by atoms with van der Waals surface area (Å²) in [5, 5.41) is 19.6. The Hall–Kier alpha value is -2.14. The molecule has 0 fully saturated rings. The standard InChI is InChI=1S/C17H19N3OS/c1-9-5-6-13(10(2)7-9)20-8-14(21)15(16(20)18)17-19-11(3)12(4)22-17/h5-7,18,21H,8H2,1-4H3. The molecule has 0 bridgehead atoms. The minimum absolute atomic E-state index is 0.221. The van der Waals surface area contributed by atoms with E-state index in [0.717, 1.165) is 26.8 Å². The third-order valence-corrected chi connectivity index (χ3v) is 5.08. The molecule has 2 aromatic rings. The summed E-state index contributed by atoms with van der Waals surface area (Å²) in [5.74, 6) is 0.539. The minimum Gasteiger partial charge on any atom is -0.510 e.